The predicted octanol–water partition coefficient (Wildman–Crippen LogP) is 1.66. The zero-order chi connectivity index (χ0) is 16.7. The van der Waals surface area contributed by atoms with Gasteiger partial charge in [0, 0.05) is 25.9 Å². The van der Waals surface area contributed by atoms with Gasteiger partial charge in [0.2, 0.25) is 17.7 Å². The zero-order valence-electron chi connectivity index (χ0n) is 14.1. The lowest BCUT2D eigenvalue weighted by atomic mass is 9.75. The first-order valence-electron chi connectivity index (χ1n) is 9.00. The lowest BCUT2D eigenvalue weighted by molar-refractivity contribution is -0.131. The van der Waals surface area contributed by atoms with Gasteiger partial charge in [0.1, 0.15) is 5.54 Å². The van der Waals surface area contributed by atoms with Crippen LogP contribution < -0.4 is 5.32 Å². The number of carbonyl (C=O) groups excluding carboxylic acids is 2. The van der Waals surface area contributed by atoms with Crippen molar-refractivity contribution in [3.05, 3.63) is 11.7 Å². The summed E-state index contributed by atoms with van der Waals surface area (Å²) in [7, 11) is 0. The molecular weight excluding hydrogens is 308 g/mol. The van der Waals surface area contributed by atoms with Crippen molar-refractivity contribution in [2.45, 2.75) is 69.9 Å². The molecule has 1 N–H and O–H groups in total. The smallest absolute Gasteiger partial charge is 0.226 e. The molecule has 4 rings (SSSR count). The highest BCUT2D eigenvalue weighted by atomic mass is 16.5. The van der Waals surface area contributed by atoms with Crippen molar-refractivity contribution in [1.82, 2.24) is 20.4 Å². The quantitative estimate of drug-likeness (QED) is 0.906. The van der Waals surface area contributed by atoms with E-state index in [-0.39, 0.29) is 17.7 Å². The van der Waals surface area contributed by atoms with E-state index < -0.39 is 5.54 Å². The molecule has 2 amide bonds. The molecule has 7 heteroatoms. The predicted molar refractivity (Wildman–Crippen MR) is 84.8 cm³/mol. The van der Waals surface area contributed by atoms with Crippen LogP contribution in [-0.4, -0.2) is 39.4 Å². The molecule has 2 aliphatic carbocycles. The van der Waals surface area contributed by atoms with Gasteiger partial charge in [-0.15, -0.1) is 0 Å². The van der Waals surface area contributed by atoms with E-state index in [2.05, 4.69) is 15.5 Å². The molecule has 1 aliphatic heterocycles. The second-order valence-electron chi connectivity index (χ2n) is 7.45. The molecule has 0 spiro atoms. The lowest BCUT2D eigenvalue weighted by Gasteiger charge is -2.40. The maximum atomic E-state index is 12.8. The van der Waals surface area contributed by atoms with Crippen LogP contribution in [0.2, 0.25) is 0 Å². The van der Waals surface area contributed by atoms with E-state index in [9.17, 15) is 9.59 Å². The third-order valence-electron chi connectivity index (χ3n) is 5.82. The first-order chi connectivity index (χ1) is 11.6. The average Bonchev–Trinajstić information content (AvgIpc) is 3.23. The minimum atomic E-state index is -0.501. The van der Waals surface area contributed by atoms with E-state index in [1.807, 2.05) is 4.90 Å². The Morgan fingerprint density at radius 3 is 2.62 bits per heavy atom. The van der Waals surface area contributed by atoms with Gasteiger partial charge in [-0.2, -0.15) is 4.98 Å². The van der Waals surface area contributed by atoms with Gasteiger partial charge < -0.3 is 14.7 Å². The molecule has 2 saturated carbocycles. The van der Waals surface area contributed by atoms with Gasteiger partial charge in [-0.05, 0) is 32.1 Å². The topological polar surface area (TPSA) is 88.3 Å². The van der Waals surface area contributed by atoms with Gasteiger partial charge in [-0.25, -0.2) is 0 Å². The summed E-state index contributed by atoms with van der Waals surface area (Å²) in [5.74, 6) is 0.889. The Balaban J connectivity index is 1.43. The number of hydrogen-bond donors (Lipinski definition) is 1. The fourth-order valence-electron chi connectivity index (χ4n) is 4.24. The zero-order valence-corrected chi connectivity index (χ0v) is 14.1. The number of aryl methyl sites for hydroxylation is 1. The van der Waals surface area contributed by atoms with Crippen molar-refractivity contribution >= 4 is 11.8 Å². The Morgan fingerprint density at radius 1 is 1.29 bits per heavy atom. The largest absolute Gasteiger partial charge is 0.343 e. The molecule has 1 aromatic heterocycles. The van der Waals surface area contributed by atoms with Crippen LogP contribution in [0.5, 0.6) is 0 Å². The van der Waals surface area contributed by atoms with E-state index in [0.29, 0.717) is 30.7 Å². The molecule has 24 heavy (non-hydrogen) atoms. The summed E-state index contributed by atoms with van der Waals surface area (Å²) in [6.07, 6.45) is 7.53. The number of likely N-dealkylation sites (tertiary alicyclic amines) is 1. The third-order valence-corrected chi connectivity index (χ3v) is 5.82. The second-order valence-corrected chi connectivity index (χ2v) is 7.45. The van der Waals surface area contributed by atoms with Crippen molar-refractivity contribution < 1.29 is 14.1 Å². The fourth-order valence-corrected chi connectivity index (χ4v) is 4.24. The molecule has 1 aromatic rings. The van der Waals surface area contributed by atoms with Crippen LogP contribution in [0.1, 0.15) is 63.1 Å². The van der Waals surface area contributed by atoms with Crippen LogP contribution in [-0.2, 0) is 15.1 Å². The Hall–Kier alpha value is -1.92. The standard InChI is InChI=1S/C17H24N4O3/c1-11-18-16(20-24-11)17(7-4-8-17)19-15(23)12-9-14(22)21(10-12)13-5-2-3-6-13/h12-13H,2-10H2,1H3,(H,19,23)/t12-/m0/s1. The third kappa shape index (κ3) is 2.59. The second kappa shape index (κ2) is 5.86. The van der Waals surface area contributed by atoms with Crippen molar-refractivity contribution in [2.75, 3.05) is 6.54 Å². The highest BCUT2D eigenvalue weighted by Gasteiger charge is 2.47. The number of rotatable bonds is 4. The van der Waals surface area contributed by atoms with Crippen LogP contribution in [0.25, 0.3) is 0 Å². The molecule has 1 saturated heterocycles. The average molecular weight is 332 g/mol. The summed E-state index contributed by atoms with van der Waals surface area (Å²) in [6.45, 7) is 2.30. The van der Waals surface area contributed by atoms with Gasteiger partial charge in [-0.3, -0.25) is 9.59 Å². The van der Waals surface area contributed by atoms with E-state index in [1.54, 1.807) is 6.92 Å². The SMILES string of the molecule is Cc1nc(C2(NC(=O)[C@H]3CC(=O)N(C4CCCC4)C3)CCC2)no1. The molecule has 1 atom stereocenters. The Labute approximate surface area is 141 Å². The summed E-state index contributed by atoms with van der Waals surface area (Å²) >= 11 is 0. The lowest BCUT2D eigenvalue weighted by Crippen LogP contribution is -2.53. The molecule has 7 nitrogen and oxygen atoms in total. The Bertz CT molecular complexity index is 646. The Morgan fingerprint density at radius 2 is 2.04 bits per heavy atom. The van der Waals surface area contributed by atoms with Gasteiger partial charge in [0.15, 0.2) is 5.82 Å². The van der Waals surface area contributed by atoms with E-state index in [1.165, 1.54) is 12.8 Å². The van der Waals surface area contributed by atoms with Crippen molar-refractivity contribution in [2.24, 2.45) is 5.92 Å². The summed E-state index contributed by atoms with van der Waals surface area (Å²) in [5.41, 5.74) is -0.501. The monoisotopic (exact) mass is 332 g/mol. The molecule has 3 aliphatic rings. The first kappa shape index (κ1) is 15.6. The van der Waals surface area contributed by atoms with Gasteiger partial charge in [0.25, 0.3) is 0 Å². The van der Waals surface area contributed by atoms with Gasteiger partial charge in [0.05, 0.1) is 5.92 Å². The highest BCUT2D eigenvalue weighted by molar-refractivity contribution is 5.89. The summed E-state index contributed by atoms with van der Waals surface area (Å²) < 4.78 is 5.08. The number of nitrogens with one attached hydrogen (secondary N) is 1. The maximum absolute atomic E-state index is 12.8. The number of carbonyl (C=O) groups is 2. The maximum Gasteiger partial charge on any atom is 0.226 e. The van der Waals surface area contributed by atoms with Crippen molar-refractivity contribution in [1.29, 1.82) is 0 Å². The normalized spacial score (nSPS) is 26.6. The molecule has 0 unspecified atom stereocenters. The minimum Gasteiger partial charge on any atom is -0.343 e. The Kier molecular flexibility index (Phi) is 3.81. The summed E-state index contributed by atoms with van der Waals surface area (Å²) in [4.78, 5) is 31.3. The molecular formula is C17H24N4O3. The minimum absolute atomic E-state index is 0.0500. The molecule has 0 bridgehead atoms. The van der Waals surface area contributed by atoms with E-state index >= 15 is 0 Å². The number of amides is 2. The molecule has 2 heterocycles. The van der Waals surface area contributed by atoms with Crippen LogP contribution in [0.15, 0.2) is 4.52 Å². The van der Waals surface area contributed by atoms with Crippen LogP contribution in [0, 0.1) is 12.8 Å². The van der Waals surface area contributed by atoms with Gasteiger partial charge >= 0.3 is 0 Å². The van der Waals surface area contributed by atoms with Crippen molar-refractivity contribution in [3.8, 4) is 0 Å². The summed E-state index contributed by atoms with van der Waals surface area (Å²) in [6, 6.07) is 0.341. The molecule has 0 aromatic carbocycles. The number of hydrogen-bond acceptors (Lipinski definition) is 5. The fraction of sp³-hybridized carbons (Fsp3) is 0.765. The van der Waals surface area contributed by atoms with Crippen LogP contribution >= 0.6 is 0 Å². The van der Waals surface area contributed by atoms with E-state index in [0.717, 1.165) is 32.1 Å². The molecule has 130 valence electrons. The van der Waals surface area contributed by atoms with Crippen molar-refractivity contribution in [3.63, 3.8) is 0 Å². The number of aromatic nitrogens is 2. The highest BCUT2D eigenvalue weighted by Crippen LogP contribution is 2.40. The number of nitrogens with zero attached hydrogens (tertiary/aromatic N) is 3. The van der Waals surface area contributed by atoms with Crippen LogP contribution in [0.4, 0.5) is 0 Å². The van der Waals surface area contributed by atoms with E-state index in [4.69, 9.17) is 4.52 Å². The van der Waals surface area contributed by atoms with Gasteiger partial charge in [-0.1, -0.05) is 18.0 Å². The first-order valence-corrected chi connectivity index (χ1v) is 9.00. The van der Waals surface area contributed by atoms with Crippen LogP contribution in [0.3, 0.4) is 0 Å². The molecule has 0 radical (unpaired) electrons. The summed E-state index contributed by atoms with van der Waals surface area (Å²) in [5, 5.41) is 7.13. The molecule has 3 fully saturated rings.